The summed E-state index contributed by atoms with van der Waals surface area (Å²) in [5.74, 6) is -0.358. The predicted octanol–water partition coefficient (Wildman–Crippen LogP) is 2.70. The van der Waals surface area contributed by atoms with Crippen molar-refractivity contribution < 1.29 is 14.3 Å². The molecule has 130 valence electrons. The van der Waals surface area contributed by atoms with Gasteiger partial charge in [-0.05, 0) is 56.9 Å². The second kappa shape index (κ2) is 7.69. The number of anilines is 1. The summed E-state index contributed by atoms with van der Waals surface area (Å²) in [6.07, 6.45) is 4.13. The van der Waals surface area contributed by atoms with Crippen molar-refractivity contribution in [2.45, 2.75) is 32.6 Å². The first-order chi connectivity index (χ1) is 11.7. The number of benzene rings is 1. The Morgan fingerprint density at radius 3 is 2.46 bits per heavy atom. The van der Waals surface area contributed by atoms with Crippen LogP contribution in [0.2, 0.25) is 0 Å². The number of amides is 1. The van der Waals surface area contributed by atoms with Crippen LogP contribution in [0.4, 0.5) is 5.69 Å². The van der Waals surface area contributed by atoms with Crippen molar-refractivity contribution in [3.8, 4) is 0 Å². The molecule has 2 saturated heterocycles. The van der Waals surface area contributed by atoms with E-state index in [1.807, 2.05) is 31.2 Å². The first-order valence-corrected chi connectivity index (χ1v) is 9.00. The fraction of sp³-hybridized carbons (Fsp3) is 0.579. The molecule has 1 unspecified atom stereocenters. The number of nitrogens with zero attached hydrogens (tertiary/aromatic N) is 2. The van der Waals surface area contributed by atoms with Crippen LogP contribution in [0.5, 0.6) is 0 Å². The molecular weight excluding hydrogens is 304 g/mol. The van der Waals surface area contributed by atoms with Gasteiger partial charge in [0.1, 0.15) is 0 Å². The summed E-state index contributed by atoms with van der Waals surface area (Å²) in [7, 11) is 0. The molecule has 0 aromatic heterocycles. The maximum absolute atomic E-state index is 12.7. The largest absolute Gasteiger partial charge is 0.466 e. The smallest absolute Gasteiger partial charge is 0.310 e. The molecule has 2 fully saturated rings. The Morgan fingerprint density at radius 1 is 1.08 bits per heavy atom. The van der Waals surface area contributed by atoms with E-state index in [2.05, 4.69) is 4.90 Å². The van der Waals surface area contributed by atoms with Gasteiger partial charge < -0.3 is 14.5 Å². The molecule has 2 aliphatic rings. The van der Waals surface area contributed by atoms with Crippen LogP contribution in [0.3, 0.4) is 0 Å². The third-order valence-corrected chi connectivity index (χ3v) is 4.91. The van der Waals surface area contributed by atoms with Crippen LogP contribution in [-0.2, 0) is 9.53 Å². The average Bonchev–Trinajstić information content (AvgIpc) is 3.16. The number of hydrogen-bond donors (Lipinski definition) is 0. The second-order valence-electron chi connectivity index (χ2n) is 6.58. The normalized spacial score (nSPS) is 21.0. The van der Waals surface area contributed by atoms with Crippen molar-refractivity contribution >= 4 is 17.6 Å². The van der Waals surface area contributed by atoms with E-state index in [0.29, 0.717) is 25.3 Å². The third kappa shape index (κ3) is 3.71. The van der Waals surface area contributed by atoms with E-state index >= 15 is 0 Å². The molecule has 0 N–H and O–H groups in total. The van der Waals surface area contributed by atoms with Crippen LogP contribution in [0, 0.1) is 5.92 Å². The minimum absolute atomic E-state index is 0.0111. The average molecular weight is 330 g/mol. The number of hydrogen-bond acceptors (Lipinski definition) is 4. The lowest BCUT2D eigenvalue weighted by atomic mass is 9.97. The van der Waals surface area contributed by atoms with E-state index in [0.717, 1.165) is 25.9 Å². The molecule has 3 rings (SSSR count). The van der Waals surface area contributed by atoms with Gasteiger partial charge in [0.15, 0.2) is 0 Å². The molecule has 5 heteroatoms. The Morgan fingerprint density at radius 2 is 1.79 bits per heavy atom. The molecule has 0 aliphatic carbocycles. The highest BCUT2D eigenvalue weighted by Crippen LogP contribution is 2.23. The predicted molar refractivity (Wildman–Crippen MR) is 93.1 cm³/mol. The fourth-order valence-electron chi connectivity index (χ4n) is 3.59. The van der Waals surface area contributed by atoms with Gasteiger partial charge in [0.25, 0.3) is 5.91 Å². The Hall–Kier alpha value is -2.04. The van der Waals surface area contributed by atoms with Gasteiger partial charge in [-0.1, -0.05) is 0 Å². The molecule has 0 radical (unpaired) electrons. The molecule has 1 aromatic rings. The molecule has 1 atom stereocenters. The van der Waals surface area contributed by atoms with Crippen molar-refractivity contribution in [2.24, 2.45) is 5.92 Å². The molecule has 2 aliphatic heterocycles. The topological polar surface area (TPSA) is 49.9 Å². The van der Waals surface area contributed by atoms with Crippen LogP contribution in [0.1, 0.15) is 43.0 Å². The highest BCUT2D eigenvalue weighted by Gasteiger charge is 2.29. The Balaban J connectivity index is 1.63. The van der Waals surface area contributed by atoms with Gasteiger partial charge in [0.2, 0.25) is 0 Å². The molecular formula is C19H26N2O3. The maximum Gasteiger partial charge on any atom is 0.310 e. The molecule has 0 bridgehead atoms. The van der Waals surface area contributed by atoms with E-state index < -0.39 is 0 Å². The van der Waals surface area contributed by atoms with E-state index in [4.69, 9.17) is 4.74 Å². The molecule has 5 nitrogen and oxygen atoms in total. The Labute approximate surface area is 143 Å². The lowest BCUT2D eigenvalue weighted by Gasteiger charge is -2.31. The summed E-state index contributed by atoms with van der Waals surface area (Å²) in [5, 5.41) is 0. The third-order valence-electron chi connectivity index (χ3n) is 4.91. The molecule has 0 spiro atoms. The van der Waals surface area contributed by atoms with Crippen molar-refractivity contribution in [3.05, 3.63) is 29.8 Å². The van der Waals surface area contributed by atoms with Gasteiger partial charge in [0, 0.05) is 37.4 Å². The summed E-state index contributed by atoms with van der Waals surface area (Å²) in [6, 6.07) is 7.88. The first kappa shape index (κ1) is 16.8. The standard InChI is InChI=1S/C19H26N2O3/c1-2-24-19(23)16-6-5-13-21(14-16)18(22)15-7-9-17(10-8-15)20-11-3-4-12-20/h7-10,16H,2-6,11-14H2,1H3. The number of likely N-dealkylation sites (tertiary alicyclic amines) is 1. The van der Waals surface area contributed by atoms with Gasteiger partial charge in [-0.25, -0.2) is 0 Å². The van der Waals surface area contributed by atoms with E-state index in [1.54, 1.807) is 4.90 Å². The Kier molecular flexibility index (Phi) is 5.38. The van der Waals surface area contributed by atoms with Crippen LogP contribution >= 0.6 is 0 Å². The van der Waals surface area contributed by atoms with Crippen LogP contribution in [-0.4, -0.2) is 49.6 Å². The summed E-state index contributed by atoms with van der Waals surface area (Å²) < 4.78 is 5.11. The first-order valence-electron chi connectivity index (χ1n) is 9.00. The van der Waals surface area contributed by atoms with Crippen molar-refractivity contribution in [2.75, 3.05) is 37.7 Å². The van der Waals surface area contributed by atoms with Crippen LogP contribution < -0.4 is 4.90 Å². The number of rotatable bonds is 4. The second-order valence-corrected chi connectivity index (χ2v) is 6.58. The van der Waals surface area contributed by atoms with E-state index in [9.17, 15) is 9.59 Å². The van der Waals surface area contributed by atoms with E-state index in [-0.39, 0.29) is 17.8 Å². The molecule has 0 saturated carbocycles. The Bertz CT molecular complexity index is 579. The summed E-state index contributed by atoms with van der Waals surface area (Å²) >= 11 is 0. The van der Waals surface area contributed by atoms with Crippen molar-refractivity contribution in [1.82, 2.24) is 4.90 Å². The SMILES string of the molecule is CCOC(=O)C1CCCN(C(=O)c2ccc(N3CCCC3)cc2)C1. The van der Waals surface area contributed by atoms with Gasteiger partial charge in [-0.15, -0.1) is 0 Å². The van der Waals surface area contributed by atoms with Crippen LogP contribution in [0.15, 0.2) is 24.3 Å². The number of piperidine rings is 1. The number of carbonyl (C=O) groups excluding carboxylic acids is 2. The molecule has 1 amide bonds. The molecule has 1 aromatic carbocycles. The summed E-state index contributed by atoms with van der Waals surface area (Å²) in [4.78, 5) is 28.8. The zero-order chi connectivity index (χ0) is 16.9. The summed E-state index contributed by atoms with van der Waals surface area (Å²) in [5.41, 5.74) is 1.88. The van der Waals surface area contributed by atoms with Crippen molar-refractivity contribution in [3.63, 3.8) is 0 Å². The van der Waals surface area contributed by atoms with E-state index in [1.165, 1.54) is 18.5 Å². The number of esters is 1. The number of carbonyl (C=O) groups is 2. The van der Waals surface area contributed by atoms with Gasteiger partial charge >= 0.3 is 5.97 Å². The number of ether oxygens (including phenoxy) is 1. The highest BCUT2D eigenvalue weighted by molar-refractivity contribution is 5.95. The van der Waals surface area contributed by atoms with Crippen LogP contribution in [0.25, 0.3) is 0 Å². The highest BCUT2D eigenvalue weighted by atomic mass is 16.5. The van der Waals surface area contributed by atoms with Gasteiger partial charge in [-0.2, -0.15) is 0 Å². The van der Waals surface area contributed by atoms with Gasteiger partial charge in [-0.3, -0.25) is 9.59 Å². The fourth-order valence-corrected chi connectivity index (χ4v) is 3.59. The van der Waals surface area contributed by atoms with Gasteiger partial charge in [0.05, 0.1) is 12.5 Å². The zero-order valence-corrected chi connectivity index (χ0v) is 14.4. The lowest BCUT2D eigenvalue weighted by molar-refractivity contribution is -0.149. The monoisotopic (exact) mass is 330 g/mol. The molecule has 2 heterocycles. The van der Waals surface area contributed by atoms with Crippen molar-refractivity contribution in [1.29, 1.82) is 0 Å². The quantitative estimate of drug-likeness (QED) is 0.797. The zero-order valence-electron chi connectivity index (χ0n) is 14.4. The minimum atomic E-state index is -0.188. The minimum Gasteiger partial charge on any atom is -0.466 e. The molecule has 24 heavy (non-hydrogen) atoms. The maximum atomic E-state index is 12.7. The summed E-state index contributed by atoms with van der Waals surface area (Å²) in [6.45, 7) is 5.57. The lowest BCUT2D eigenvalue weighted by Crippen LogP contribution is -2.42.